The highest BCUT2D eigenvalue weighted by Crippen LogP contribution is 2.21. The molecule has 5 nitrogen and oxygen atoms in total. The maximum atomic E-state index is 12.5. The molecule has 0 bridgehead atoms. The van der Waals surface area contributed by atoms with Gasteiger partial charge in [0.2, 0.25) is 10.0 Å². The smallest absolute Gasteiger partial charge is 0.243 e. The van der Waals surface area contributed by atoms with Gasteiger partial charge in [0.05, 0.1) is 16.1 Å². The van der Waals surface area contributed by atoms with Gasteiger partial charge in [-0.25, -0.2) is 13.4 Å². The molecule has 108 valence electrons. The molecule has 0 saturated carbocycles. The number of hydrogen-bond donors (Lipinski definition) is 1. The fraction of sp³-hybridized carbons (Fsp3) is 0.308. The Hall–Kier alpha value is -1.44. The molecule has 0 spiro atoms. The van der Waals surface area contributed by atoms with Gasteiger partial charge in [0.1, 0.15) is 0 Å². The minimum atomic E-state index is -3.47. The van der Waals surface area contributed by atoms with Gasteiger partial charge in [0, 0.05) is 31.2 Å². The van der Waals surface area contributed by atoms with E-state index in [1.165, 1.54) is 15.6 Å². The van der Waals surface area contributed by atoms with Crippen LogP contribution in [-0.4, -0.2) is 31.8 Å². The van der Waals surface area contributed by atoms with Gasteiger partial charge in [0.15, 0.2) is 0 Å². The van der Waals surface area contributed by atoms with E-state index in [4.69, 9.17) is 0 Å². The van der Waals surface area contributed by atoms with E-state index in [1.807, 2.05) is 6.92 Å². The lowest BCUT2D eigenvalue weighted by Gasteiger charge is -2.17. The third kappa shape index (κ3) is 3.00. The lowest BCUT2D eigenvalue weighted by atomic mass is 10.3. The van der Waals surface area contributed by atoms with Gasteiger partial charge in [-0.05, 0) is 31.2 Å². The van der Waals surface area contributed by atoms with Gasteiger partial charge in [-0.3, -0.25) is 0 Å². The lowest BCUT2D eigenvalue weighted by Crippen LogP contribution is -2.26. The summed E-state index contributed by atoms with van der Waals surface area (Å²) in [5.41, 5.74) is 3.49. The first kappa shape index (κ1) is 15.0. The standard InChI is InChI=1S/C13H17N3O2S2/c1-10-13(19-9-15-10)8-16(3)20(17,18)12-6-4-11(14-2)5-7-12/h4-7,9,14H,8H2,1-3H3. The summed E-state index contributed by atoms with van der Waals surface area (Å²) in [5, 5.41) is 2.96. The molecule has 0 unspecified atom stereocenters. The summed E-state index contributed by atoms with van der Waals surface area (Å²) in [4.78, 5) is 5.39. The van der Waals surface area contributed by atoms with E-state index in [9.17, 15) is 8.42 Å². The molecule has 1 aromatic carbocycles. The number of sulfonamides is 1. The van der Waals surface area contributed by atoms with Crippen LogP contribution in [0.3, 0.4) is 0 Å². The largest absolute Gasteiger partial charge is 0.388 e. The second-order valence-corrected chi connectivity index (χ2v) is 7.38. The Balaban J connectivity index is 2.22. The molecule has 0 saturated heterocycles. The highest BCUT2D eigenvalue weighted by molar-refractivity contribution is 7.89. The van der Waals surface area contributed by atoms with Gasteiger partial charge >= 0.3 is 0 Å². The maximum Gasteiger partial charge on any atom is 0.243 e. The zero-order chi connectivity index (χ0) is 14.8. The quantitative estimate of drug-likeness (QED) is 0.920. The first-order valence-corrected chi connectivity index (χ1v) is 8.40. The molecule has 0 amide bonds. The van der Waals surface area contributed by atoms with Crippen molar-refractivity contribution in [3.05, 3.63) is 40.3 Å². The van der Waals surface area contributed by atoms with Crippen molar-refractivity contribution in [1.29, 1.82) is 0 Å². The van der Waals surface area contributed by atoms with Crippen LogP contribution in [0.4, 0.5) is 5.69 Å². The second kappa shape index (κ2) is 5.90. The molecule has 1 heterocycles. The Kier molecular flexibility index (Phi) is 4.42. The monoisotopic (exact) mass is 311 g/mol. The number of hydrogen-bond acceptors (Lipinski definition) is 5. The highest BCUT2D eigenvalue weighted by atomic mass is 32.2. The van der Waals surface area contributed by atoms with E-state index >= 15 is 0 Å². The number of nitrogens with one attached hydrogen (secondary N) is 1. The van der Waals surface area contributed by atoms with E-state index < -0.39 is 10.0 Å². The van der Waals surface area contributed by atoms with Crippen molar-refractivity contribution in [1.82, 2.24) is 9.29 Å². The molecular weight excluding hydrogens is 294 g/mol. The minimum absolute atomic E-state index is 0.293. The van der Waals surface area contributed by atoms with Crippen molar-refractivity contribution >= 4 is 27.0 Å². The van der Waals surface area contributed by atoms with E-state index in [2.05, 4.69) is 10.3 Å². The molecule has 2 rings (SSSR count). The SMILES string of the molecule is CNc1ccc(S(=O)(=O)N(C)Cc2scnc2C)cc1. The second-order valence-electron chi connectivity index (χ2n) is 4.40. The van der Waals surface area contributed by atoms with Crippen LogP contribution in [0.5, 0.6) is 0 Å². The van der Waals surface area contributed by atoms with E-state index in [0.717, 1.165) is 16.3 Å². The summed E-state index contributed by atoms with van der Waals surface area (Å²) in [6, 6.07) is 6.71. The van der Waals surface area contributed by atoms with Crippen LogP contribution in [-0.2, 0) is 16.6 Å². The number of thiazole rings is 1. The zero-order valence-electron chi connectivity index (χ0n) is 11.6. The lowest BCUT2D eigenvalue weighted by molar-refractivity contribution is 0.468. The van der Waals surface area contributed by atoms with Crippen LogP contribution in [0.2, 0.25) is 0 Å². The normalized spacial score (nSPS) is 11.8. The number of anilines is 1. The fourth-order valence-corrected chi connectivity index (χ4v) is 3.79. The van der Waals surface area contributed by atoms with Crippen molar-refractivity contribution in [2.24, 2.45) is 0 Å². The Morgan fingerprint density at radius 3 is 2.45 bits per heavy atom. The Labute approximate surface area is 123 Å². The van der Waals surface area contributed by atoms with Crippen LogP contribution in [0.25, 0.3) is 0 Å². The van der Waals surface area contributed by atoms with Gasteiger partial charge < -0.3 is 5.32 Å². The predicted octanol–water partition coefficient (Wildman–Crippen LogP) is 2.31. The van der Waals surface area contributed by atoms with Crippen molar-refractivity contribution < 1.29 is 8.42 Å². The third-order valence-electron chi connectivity index (χ3n) is 3.06. The van der Waals surface area contributed by atoms with Crippen molar-refractivity contribution in [3.8, 4) is 0 Å². The van der Waals surface area contributed by atoms with Crippen LogP contribution >= 0.6 is 11.3 Å². The first-order chi connectivity index (χ1) is 9.45. The average Bonchev–Trinajstić information content (AvgIpc) is 2.84. The number of aromatic nitrogens is 1. The predicted molar refractivity (Wildman–Crippen MR) is 81.5 cm³/mol. The Morgan fingerprint density at radius 2 is 1.95 bits per heavy atom. The molecule has 7 heteroatoms. The molecule has 20 heavy (non-hydrogen) atoms. The average molecular weight is 311 g/mol. The van der Waals surface area contributed by atoms with Gasteiger partial charge in [-0.2, -0.15) is 4.31 Å². The molecule has 2 aromatic rings. The molecule has 0 aliphatic heterocycles. The summed E-state index contributed by atoms with van der Waals surface area (Å²) in [6.07, 6.45) is 0. The molecule has 0 aliphatic rings. The Morgan fingerprint density at radius 1 is 1.30 bits per heavy atom. The summed E-state index contributed by atoms with van der Waals surface area (Å²) in [7, 11) is -0.0947. The van der Waals surface area contributed by atoms with Crippen molar-refractivity contribution in [2.45, 2.75) is 18.4 Å². The van der Waals surface area contributed by atoms with Gasteiger partial charge in [-0.15, -0.1) is 11.3 Å². The molecule has 0 aliphatic carbocycles. The minimum Gasteiger partial charge on any atom is -0.388 e. The molecule has 0 fully saturated rings. The van der Waals surface area contributed by atoms with E-state index in [0.29, 0.717) is 11.4 Å². The van der Waals surface area contributed by atoms with Gasteiger partial charge in [-0.1, -0.05) is 0 Å². The van der Waals surface area contributed by atoms with Crippen molar-refractivity contribution in [2.75, 3.05) is 19.4 Å². The highest BCUT2D eigenvalue weighted by Gasteiger charge is 2.21. The van der Waals surface area contributed by atoms with Crippen LogP contribution in [0.15, 0.2) is 34.7 Å². The molecular formula is C13H17N3O2S2. The van der Waals surface area contributed by atoms with Gasteiger partial charge in [0.25, 0.3) is 0 Å². The van der Waals surface area contributed by atoms with E-state index in [1.54, 1.807) is 43.9 Å². The summed E-state index contributed by atoms with van der Waals surface area (Å²) in [6.45, 7) is 2.22. The summed E-state index contributed by atoms with van der Waals surface area (Å²) >= 11 is 1.47. The molecule has 0 atom stereocenters. The number of benzene rings is 1. The first-order valence-electron chi connectivity index (χ1n) is 6.08. The maximum absolute atomic E-state index is 12.5. The van der Waals surface area contributed by atoms with Crippen LogP contribution in [0.1, 0.15) is 10.6 Å². The number of aryl methyl sites for hydroxylation is 1. The van der Waals surface area contributed by atoms with E-state index in [-0.39, 0.29) is 0 Å². The summed E-state index contributed by atoms with van der Waals surface area (Å²) < 4.78 is 26.3. The summed E-state index contributed by atoms with van der Waals surface area (Å²) in [5.74, 6) is 0. The number of nitrogens with zero attached hydrogens (tertiary/aromatic N) is 2. The van der Waals surface area contributed by atoms with Crippen LogP contribution < -0.4 is 5.32 Å². The van der Waals surface area contributed by atoms with Crippen LogP contribution in [0, 0.1) is 6.92 Å². The molecule has 0 radical (unpaired) electrons. The molecule has 1 aromatic heterocycles. The fourth-order valence-electron chi connectivity index (χ4n) is 1.74. The zero-order valence-corrected chi connectivity index (χ0v) is 13.3. The number of rotatable bonds is 5. The van der Waals surface area contributed by atoms with Crippen molar-refractivity contribution in [3.63, 3.8) is 0 Å². The third-order valence-corrected chi connectivity index (χ3v) is 5.80. The Bertz CT molecular complexity index is 678. The topological polar surface area (TPSA) is 62.3 Å². The molecule has 1 N–H and O–H groups in total.